The zero-order valence-electron chi connectivity index (χ0n) is 13.1. The zero-order valence-corrected chi connectivity index (χ0v) is 13.1. The van der Waals surface area contributed by atoms with Crippen LogP contribution < -0.4 is 0 Å². The fourth-order valence-electron chi connectivity index (χ4n) is 2.69. The highest BCUT2D eigenvalue weighted by atomic mass is 16.1. The Hall–Kier alpha value is -2.93. The van der Waals surface area contributed by atoms with Crippen LogP contribution in [0.3, 0.4) is 0 Å². The number of hydrogen-bond donors (Lipinski definition) is 0. The Morgan fingerprint density at radius 3 is 1.43 bits per heavy atom. The third-order valence-electron chi connectivity index (χ3n) is 3.91. The van der Waals surface area contributed by atoms with E-state index in [9.17, 15) is 4.79 Å². The molecule has 0 N–H and O–H groups in total. The first-order chi connectivity index (χ1) is 11.3. The number of benzene rings is 3. The lowest BCUT2D eigenvalue weighted by molar-refractivity contribution is 0.105. The molecule has 0 spiro atoms. The number of carbonyl (C=O) groups is 1. The molecule has 23 heavy (non-hydrogen) atoms. The summed E-state index contributed by atoms with van der Waals surface area (Å²) in [7, 11) is 0. The molecule has 1 heteroatoms. The number of ketones is 1. The summed E-state index contributed by atoms with van der Waals surface area (Å²) in [6.45, 7) is 2.01. The van der Waals surface area contributed by atoms with Crippen molar-refractivity contribution in [2.45, 2.75) is 6.92 Å². The molecule has 0 saturated carbocycles. The molecule has 0 amide bonds. The minimum Gasteiger partial charge on any atom is -0.289 e. The van der Waals surface area contributed by atoms with E-state index in [1.807, 2.05) is 97.9 Å². The van der Waals surface area contributed by atoms with E-state index in [4.69, 9.17) is 0 Å². The molecule has 0 heterocycles. The highest BCUT2D eigenvalue weighted by Crippen LogP contribution is 2.29. The standard InChI is InChI=1S/C22H18O/c1-17(18-11-5-2-6-12-18)21(19-13-7-3-8-14-19)22(23)20-15-9-4-10-16-20/h2-16H,1H3. The molecular weight excluding hydrogens is 280 g/mol. The molecule has 0 radical (unpaired) electrons. The molecule has 0 aliphatic rings. The van der Waals surface area contributed by atoms with Crippen molar-refractivity contribution in [2.24, 2.45) is 0 Å². The number of carbonyl (C=O) groups excluding carboxylic acids is 1. The van der Waals surface area contributed by atoms with Crippen molar-refractivity contribution in [3.63, 3.8) is 0 Å². The van der Waals surface area contributed by atoms with Gasteiger partial charge in [0.1, 0.15) is 0 Å². The fraction of sp³-hybridized carbons (Fsp3) is 0.0455. The second-order valence-corrected chi connectivity index (χ2v) is 5.43. The van der Waals surface area contributed by atoms with E-state index < -0.39 is 0 Å². The van der Waals surface area contributed by atoms with Crippen LogP contribution in [0.4, 0.5) is 0 Å². The molecule has 0 atom stereocenters. The van der Waals surface area contributed by atoms with E-state index in [1.54, 1.807) is 0 Å². The van der Waals surface area contributed by atoms with E-state index in [1.165, 1.54) is 0 Å². The van der Waals surface area contributed by atoms with Crippen LogP contribution in [0.2, 0.25) is 0 Å². The van der Waals surface area contributed by atoms with Gasteiger partial charge in [0, 0.05) is 11.1 Å². The van der Waals surface area contributed by atoms with E-state index in [0.717, 1.165) is 22.3 Å². The van der Waals surface area contributed by atoms with Crippen LogP contribution >= 0.6 is 0 Å². The first kappa shape index (κ1) is 15.0. The molecule has 0 aromatic heterocycles. The lowest BCUT2D eigenvalue weighted by atomic mass is 9.90. The summed E-state index contributed by atoms with van der Waals surface area (Å²) in [5.41, 5.74) is 4.47. The summed E-state index contributed by atoms with van der Waals surface area (Å²) >= 11 is 0. The number of allylic oxidation sites excluding steroid dienone is 2. The summed E-state index contributed by atoms with van der Waals surface area (Å²) in [5, 5.41) is 0. The molecule has 0 unspecified atom stereocenters. The van der Waals surface area contributed by atoms with Crippen LogP contribution in [0, 0.1) is 0 Å². The van der Waals surface area contributed by atoms with Gasteiger partial charge in [-0.2, -0.15) is 0 Å². The monoisotopic (exact) mass is 298 g/mol. The normalized spacial score (nSPS) is 11.7. The van der Waals surface area contributed by atoms with E-state index >= 15 is 0 Å². The molecule has 3 rings (SSSR count). The molecule has 3 aromatic rings. The van der Waals surface area contributed by atoms with Gasteiger partial charge in [0.2, 0.25) is 0 Å². The summed E-state index contributed by atoms with van der Waals surface area (Å²) in [6, 6.07) is 29.4. The van der Waals surface area contributed by atoms with Crippen LogP contribution in [0.1, 0.15) is 28.4 Å². The maximum absolute atomic E-state index is 13.1. The molecular formula is C22H18O. The SMILES string of the molecule is CC(=C(C(=O)c1ccccc1)c1ccccc1)c1ccccc1. The quantitative estimate of drug-likeness (QED) is 0.353. The fourth-order valence-corrected chi connectivity index (χ4v) is 2.69. The predicted molar refractivity (Wildman–Crippen MR) is 96.1 cm³/mol. The predicted octanol–water partition coefficient (Wildman–Crippen LogP) is 5.50. The Morgan fingerprint density at radius 2 is 0.957 bits per heavy atom. The smallest absolute Gasteiger partial charge is 0.193 e. The molecule has 3 aromatic carbocycles. The summed E-state index contributed by atoms with van der Waals surface area (Å²) in [6.07, 6.45) is 0. The second kappa shape index (κ2) is 6.89. The molecule has 0 saturated heterocycles. The van der Waals surface area contributed by atoms with Crippen molar-refractivity contribution in [3.8, 4) is 0 Å². The van der Waals surface area contributed by atoms with Crippen molar-refractivity contribution in [1.82, 2.24) is 0 Å². The molecule has 112 valence electrons. The van der Waals surface area contributed by atoms with Crippen molar-refractivity contribution in [1.29, 1.82) is 0 Å². The van der Waals surface area contributed by atoms with Gasteiger partial charge >= 0.3 is 0 Å². The summed E-state index contributed by atoms with van der Waals surface area (Å²) < 4.78 is 0. The third-order valence-corrected chi connectivity index (χ3v) is 3.91. The van der Waals surface area contributed by atoms with Crippen LogP contribution in [-0.4, -0.2) is 5.78 Å². The zero-order chi connectivity index (χ0) is 16.1. The molecule has 0 aliphatic heterocycles. The summed E-state index contributed by atoms with van der Waals surface area (Å²) in [5.74, 6) is 0.0538. The van der Waals surface area contributed by atoms with Crippen molar-refractivity contribution < 1.29 is 4.79 Å². The van der Waals surface area contributed by atoms with E-state index in [0.29, 0.717) is 5.56 Å². The van der Waals surface area contributed by atoms with E-state index in [2.05, 4.69) is 0 Å². The lowest BCUT2D eigenvalue weighted by Crippen LogP contribution is -2.05. The summed E-state index contributed by atoms with van der Waals surface area (Å²) in [4.78, 5) is 13.1. The van der Waals surface area contributed by atoms with Crippen LogP contribution in [0.15, 0.2) is 91.0 Å². The van der Waals surface area contributed by atoms with Gasteiger partial charge in [-0.15, -0.1) is 0 Å². The highest BCUT2D eigenvalue weighted by molar-refractivity contribution is 6.34. The van der Waals surface area contributed by atoms with Gasteiger partial charge in [0.15, 0.2) is 5.78 Å². The average Bonchev–Trinajstić information content (AvgIpc) is 2.64. The van der Waals surface area contributed by atoms with Gasteiger partial charge in [-0.1, -0.05) is 91.0 Å². The maximum atomic E-state index is 13.1. The van der Waals surface area contributed by atoms with Crippen molar-refractivity contribution >= 4 is 16.9 Å². The topological polar surface area (TPSA) is 17.1 Å². The Bertz CT molecular complexity index is 816. The number of hydrogen-bond acceptors (Lipinski definition) is 1. The van der Waals surface area contributed by atoms with Crippen molar-refractivity contribution in [3.05, 3.63) is 108 Å². The minimum atomic E-state index is 0.0538. The second-order valence-electron chi connectivity index (χ2n) is 5.43. The maximum Gasteiger partial charge on any atom is 0.193 e. The van der Waals surface area contributed by atoms with Gasteiger partial charge in [-0.05, 0) is 23.6 Å². The largest absolute Gasteiger partial charge is 0.289 e. The van der Waals surface area contributed by atoms with Gasteiger partial charge in [-0.3, -0.25) is 4.79 Å². The Labute approximate surface area is 136 Å². The van der Waals surface area contributed by atoms with Gasteiger partial charge in [-0.25, -0.2) is 0 Å². The molecule has 0 bridgehead atoms. The van der Waals surface area contributed by atoms with Crippen LogP contribution in [-0.2, 0) is 0 Å². The van der Waals surface area contributed by atoms with Gasteiger partial charge in [0.25, 0.3) is 0 Å². The Balaban J connectivity index is 2.18. The van der Waals surface area contributed by atoms with E-state index in [-0.39, 0.29) is 5.78 Å². The Kier molecular flexibility index (Phi) is 4.49. The number of Topliss-reactive ketones (excluding diaryl/α,β-unsaturated/α-hetero) is 1. The first-order valence-electron chi connectivity index (χ1n) is 7.69. The Morgan fingerprint density at radius 1 is 0.565 bits per heavy atom. The van der Waals surface area contributed by atoms with Gasteiger partial charge < -0.3 is 0 Å². The molecule has 0 aliphatic carbocycles. The number of rotatable bonds is 4. The first-order valence-corrected chi connectivity index (χ1v) is 7.69. The van der Waals surface area contributed by atoms with Crippen LogP contribution in [0.5, 0.6) is 0 Å². The highest BCUT2D eigenvalue weighted by Gasteiger charge is 2.17. The molecule has 0 fully saturated rings. The van der Waals surface area contributed by atoms with Gasteiger partial charge in [0.05, 0.1) is 0 Å². The molecule has 1 nitrogen and oxygen atoms in total. The third kappa shape index (κ3) is 3.29. The van der Waals surface area contributed by atoms with Crippen molar-refractivity contribution in [2.75, 3.05) is 0 Å². The lowest BCUT2D eigenvalue weighted by Gasteiger charge is -2.13. The van der Waals surface area contributed by atoms with Crippen LogP contribution in [0.25, 0.3) is 11.1 Å². The average molecular weight is 298 g/mol. The minimum absolute atomic E-state index is 0.0538.